The van der Waals surface area contributed by atoms with Crippen LogP contribution < -0.4 is 10.2 Å². The molecule has 0 radical (unpaired) electrons. The van der Waals surface area contributed by atoms with Crippen LogP contribution >= 0.6 is 35.7 Å². The van der Waals surface area contributed by atoms with Crippen LogP contribution in [0.15, 0.2) is 51.2 Å². The van der Waals surface area contributed by atoms with Crippen LogP contribution in [-0.4, -0.2) is 34.8 Å². The first-order chi connectivity index (χ1) is 11.6. The number of nitrogens with one attached hydrogen (secondary N) is 1. The first-order valence-corrected chi connectivity index (χ1v) is 9.30. The van der Waals surface area contributed by atoms with Gasteiger partial charge in [0.2, 0.25) is 0 Å². The number of amides is 1. The summed E-state index contributed by atoms with van der Waals surface area (Å²) in [4.78, 5) is 26.3. The molecule has 0 unspecified atom stereocenters. The molecule has 8 heteroatoms. The second-order valence-corrected chi connectivity index (χ2v) is 7.15. The van der Waals surface area contributed by atoms with E-state index in [4.69, 9.17) is 17.3 Å². The van der Waals surface area contributed by atoms with Crippen LogP contribution in [0.25, 0.3) is 0 Å². The molecule has 2 N–H and O–H groups in total. The van der Waals surface area contributed by atoms with Crippen molar-refractivity contribution in [2.45, 2.75) is 11.8 Å². The number of anilines is 1. The first-order valence-electron chi connectivity index (χ1n) is 7.13. The fraction of sp³-hybridized carbons (Fsp3) is 0.188. The Kier molecular flexibility index (Phi) is 6.89. The van der Waals surface area contributed by atoms with Gasteiger partial charge < -0.3 is 15.3 Å². The highest BCUT2D eigenvalue weighted by Crippen LogP contribution is 2.45. The number of carboxylic acids is 1. The zero-order chi connectivity index (χ0) is 17.5. The average molecular weight is 381 g/mol. The topological polar surface area (TPSA) is 69.6 Å². The fourth-order valence-corrected chi connectivity index (χ4v) is 3.98. The van der Waals surface area contributed by atoms with E-state index in [2.05, 4.69) is 29.3 Å². The van der Waals surface area contributed by atoms with Gasteiger partial charge in [0.25, 0.3) is 5.91 Å². The maximum Gasteiger partial charge on any atom is 0.322 e. The maximum absolute atomic E-state index is 12.0. The molecule has 1 aromatic carbocycles. The van der Waals surface area contributed by atoms with Crippen LogP contribution in [0.4, 0.5) is 5.69 Å². The minimum absolute atomic E-state index is 0.353. The standard InChI is InChI=1S/C16H16N2O3S3/c1-2-18-11-5-3-4-6-12(11)24-14(18)8-7-13(23-10-22)16(21)17-9-15(19)20/h3-8,10H,2,9H2,1H3,(H,17,21)(H,19,20)/b13-7+,14-8?. The number of rotatable bonds is 7. The Morgan fingerprint density at radius 2 is 2.17 bits per heavy atom. The van der Waals surface area contributed by atoms with E-state index in [1.165, 1.54) is 9.59 Å². The van der Waals surface area contributed by atoms with Gasteiger partial charge in [0.15, 0.2) is 0 Å². The predicted octanol–water partition coefficient (Wildman–Crippen LogP) is 3.24. The number of thioether (sulfide) groups is 2. The van der Waals surface area contributed by atoms with Gasteiger partial charge in [0.05, 0.1) is 15.6 Å². The lowest BCUT2D eigenvalue weighted by Gasteiger charge is -2.17. The molecule has 5 nitrogen and oxygen atoms in total. The van der Waals surface area contributed by atoms with E-state index in [1.807, 2.05) is 18.2 Å². The molecule has 1 amide bonds. The molecule has 0 bridgehead atoms. The van der Waals surface area contributed by atoms with E-state index in [9.17, 15) is 9.59 Å². The van der Waals surface area contributed by atoms with E-state index >= 15 is 0 Å². The number of hydrogen-bond acceptors (Lipinski definition) is 6. The van der Waals surface area contributed by atoms with Crippen LogP contribution in [0, 0.1) is 0 Å². The monoisotopic (exact) mass is 380 g/mol. The third-order valence-corrected chi connectivity index (χ3v) is 5.22. The average Bonchev–Trinajstić information content (AvgIpc) is 2.93. The lowest BCUT2D eigenvalue weighted by molar-refractivity contribution is -0.137. The molecule has 0 atom stereocenters. The Morgan fingerprint density at radius 1 is 1.42 bits per heavy atom. The zero-order valence-electron chi connectivity index (χ0n) is 12.9. The normalized spacial score (nSPS) is 15.3. The molecular weight excluding hydrogens is 364 g/mol. The molecule has 126 valence electrons. The second kappa shape index (κ2) is 8.91. The number of carbonyl (C=O) groups excluding carboxylic acids is 1. The molecular formula is C16H16N2O3S3. The molecule has 0 aliphatic carbocycles. The molecule has 0 saturated carbocycles. The summed E-state index contributed by atoms with van der Waals surface area (Å²) in [5.74, 6) is -1.55. The number of nitrogens with zero attached hydrogens (tertiary/aromatic N) is 1. The Balaban J connectivity index is 2.21. The van der Waals surface area contributed by atoms with Crippen molar-refractivity contribution in [3.63, 3.8) is 0 Å². The van der Waals surface area contributed by atoms with Gasteiger partial charge in [-0.1, -0.05) is 47.9 Å². The van der Waals surface area contributed by atoms with Gasteiger partial charge in [-0.25, -0.2) is 0 Å². The van der Waals surface area contributed by atoms with Crippen LogP contribution in [0.3, 0.4) is 0 Å². The van der Waals surface area contributed by atoms with E-state index in [-0.39, 0.29) is 0 Å². The molecule has 1 aliphatic heterocycles. The quantitative estimate of drug-likeness (QED) is 0.556. The van der Waals surface area contributed by atoms with Crippen molar-refractivity contribution in [2.75, 3.05) is 18.0 Å². The molecule has 1 aliphatic rings. The highest BCUT2D eigenvalue weighted by atomic mass is 32.2. The van der Waals surface area contributed by atoms with Gasteiger partial charge in [-0.3, -0.25) is 9.59 Å². The fourth-order valence-electron chi connectivity index (χ4n) is 2.11. The van der Waals surface area contributed by atoms with Crippen LogP contribution in [0.1, 0.15) is 6.92 Å². The van der Waals surface area contributed by atoms with Gasteiger partial charge in [-0.05, 0) is 31.2 Å². The lowest BCUT2D eigenvalue weighted by atomic mass is 10.3. The van der Waals surface area contributed by atoms with E-state index < -0.39 is 18.4 Å². The van der Waals surface area contributed by atoms with Crippen LogP contribution in [0.2, 0.25) is 0 Å². The zero-order valence-corrected chi connectivity index (χ0v) is 15.3. The summed E-state index contributed by atoms with van der Waals surface area (Å²) in [6.07, 6.45) is 3.53. The SMILES string of the molecule is CCN1C(=C/C=C(/SC=S)C(=O)NCC(=O)O)Sc2ccccc21. The van der Waals surface area contributed by atoms with Crippen molar-refractivity contribution in [3.8, 4) is 0 Å². The van der Waals surface area contributed by atoms with Crippen molar-refractivity contribution < 1.29 is 14.7 Å². The van der Waals surface area contributed by atoms with E-state index in [0.717, 1.165) is 29.0 Å². The van der Waals surface area contributed by atoms with Crippen molar-refractivity contribution in [2.24, 2.45) is 0 Å². The second-order valence-electron chi connectivity index (χ2n) is 4.64. The van der Waals surface area contributed by atoms with E-state index in [0.29, 0.717) is 4.91 Å². The predicted molar refractivity (Wildman–Crippen MR) is 103 cm³/mol. The third kappa shape index (κ3) is 4.62. The molecule has 0 spiro atoms. The smallest absolute Gasteiger partial charge is 0.322 e. The first kappa shape index (κ1) is 18.6. The summed E-state index contributed by atoms with van der Waals surface area (Å²) in [7, 11) is 0. The Bertz CT molecular complexity index is 716. The molecule has 0 saturated heterocycles. The molecule has 1 aromatic rings. The van der Waals surface area contributed by atoms with Gasteiger partial charge in [-0.15, -0.1) is 0 Å². The summed E-state index contributed by atoms with van der Waals surface area (Å²) < 4.78 is 1.37. The molecule has 0 aromatic heterocycles. The molecule has 0 fully saturated rings. The largest absolute Gasteiger partial charge is 0.480 e. The number of benzene rings is 1. The van der Waals surface area contributed by atoms with Crippen molar-refractivity contribution in [1.82, 2.24) is 5.32 Å². The highest BCUT2D eigenvalue weighted by Gasteiger charge is 2.22. The van der Waals surface area contributed by atoms with Gasteiger partial charge in [-0.2, -0.15) is 0 Å². The molecule has 2 rings (SSSR count). The van der Waals surface area contributed by atoms with E-state index in [1.54, 1.807) is 17.8 Å². The van der Waals surface area contributed by atoms with Crippen LogP contribution in [0.5, 0.6) is 0 Å². The summed E-state index contributed by atoms with van der Waals surface area (Å²) in [6, 6.07) is 8.10. The van der Waals surface area contributed by atoms with Crippen molar-refractivity contribution in [1.29, 1.82) is 0 Å². The number of para-hydroxylation sites is 1. The van der Waals surface area contributed by atoms with Gasteiger partial charge in [0, 0.05) is 16.1 Å². The minimum atomic E-state index is -1.09. The number of thiocarbonyl (C=S) groups is 1. The summed E-state index contributed by atoms with van der Waals surface area (Å²) >= 11 is 7.52. The molecule has 1 heterocycles. The number of carbonyl (C=O) groups is 2. The summed E-state index contributed by atoms with van der Waals surface area (Å²) in [5, 5.41) is 12.0. The van der Waals surface area contributed by atoms with Crippen molar-refractivity contribution in [3.05, 3.63) is 46.4 Å². The summed E-state index contributed by atoms with van der Waals surface area (Å²) in [6.45, 7) is 2.45. The Hall–Kier alpha value is -1.77. The lowest BCUT2D eigenvalue weighted by Crippen LogP contribution is -2.29. The van der Waals surface area contributed by atoms with Crippen molar-refractivity contribution >= 4 is 58.0 Å². The summed E-state index contributed by atoms with van der Waals surface area (Å²) in [5.41, 5.74) is 1.14. The van der Waals surface area contributed by atoms with Crippen LogP contribution in [-0.2, 0) is 9.59 Å². The number of fused-ring (bicyclic) bond motifs is 1. The third-order valence-electron chi connectivity index (χ3n) is 3.13. The highest BCUT2D eigenvalue weighted by molar-refractivity contribution is 8.23. The minimum Gasteiger partial charge on any atom is -0.480 e. The van der Waals surface area contributed by atoms with Gasteiger partial charge >= 0.3 is 5.97 Å². The maximum atomic E-state index is 12.0. The Morgan fingerprint density at radius 3 is 2.83 bits per heavy atom. The number of aliphatic carboxylic acids is 1. The van der Waals surface area contributed by atoms with Gasteiger partial charge in [0.1, 0.15) is 6.54 Å². The Labute approximate surface area is 154 Å². The number of carboxylic acid groups (broad SMARTS) is 1. The molecule has 24 heavy (non-hydrogen) atoms. The number of hydrogen-bond donors (Lipinski definition) is 2. The number of allylic oxidation sites excluding steroid dienone is 2.